The lowest BCUT2D eigenvalue weighted by Crippen LogP contribution is -2.29. The van der Waals surface area contributed by atoms with E-state index < -0.39 is 0 Å². The fraction of sp³-hybridized carbons (Fsp3) is 0.444. The van der Waals surface area contributed by atoms with E-state index in [4.69, 9.17) is 0 Å². The highest BCUT2D eigenvalue weighted by Gasteiger charge is 2.06. The van der Waals surface area contributed by atoms with E-state index in [1.165, 1.54) is 12.4 Å². The van der Waals surface area contributed by atoms with Crippen molar-refractivity contribution in [3.05, 3.63) is 24.3 Å². The summed E-state index contributed by atoms with van der Waals surface area (Å²) in [7, 11) is 0. The minimum atomic E-state index is -0.0261. The SMILES string of the molecule is CC(C)NCC(=O)c1cnccn1. The number of Topliss-reactive ketones (excluding diaryl/α,β-unsaturated/α-hetero) is 1. The molecule has 0 saturated heterocycles. The van der Waals surface area contributed by atoms with Crippen LogP contribution < -0.4 is 5.32 Å². The highest BCUT2D eigenvalue weighted by Crippen LogP contribution is 1.91. The van der Waals surface area contributed by atoms with E-state index in [1.807, 2.05) is 13.8 Å². The third-order valence-electron chi connectivity index (χ3n) is 1.52. The largest absolute Gasteiger partial charge is 0.307 e. The van der Waals surface area contributed by atoms with Crippen LogP contribution in [0.4, 0.5) is 0 Å². The Morgan fingerprint density at radius 3 is 2.85 bits per heavy atom. The molecule has 0 bridgehead atoms. The first-order chi connectivity index (χ1) is 6.20. The van der Waals surface area contributed by atoms with Gasteiger partial charge in [0.05, 0.1) is 12.7 Å². The summed E-state index contributed by atoms with van der Waals surface area (Å²) in [5.74, 6) is -0.0261. The summed E-state index contributed by atoms with van der Waals surface area (Å²) in [6.45, 7) is 4.30. The lowest BCUT2D eigenvalue weighted by atomic mass is 10.3. The summed E-state index contributed by atoms with van der Waals surface area (Å²) >= 11 is 0. The summed E-state index contributed by atoms with van der Waals surface area (Å²) in [4.78, 5) is 19.1. The smallest absolute Gasteiger partial charge is 0.196 e. The second kappa shape index (κ2) is 4.67. The molecule has 0 fully saturated rings. The minimum absolute atomic E-state index is 0.0261. The second-order valence-electron chi connectivity index (χ2n) is 3.05. The first-order valence-corrected chi connectivity index (χ1v) is 4.22. The van der Waals surface area contributed by atoms with E-state index >= 15 is 0 Å². The maximum atomic E-state index is 11.4. The Balaban J connectivity index is 2.50. The van der Waals surface area contributed by atoms with E-state index in [-0.39, 0.29) is 5.78 Å². The molecule has 0 aromatic carbocycles. The molecule has 13 heavy (non-hydrogen) atoms. The molecule has 1 aromatic heterocycles. The lowest BCUT2D eigenvalue weighted by molar-refractivity contribution is 0.0983. The van der Waals surface area contributed by atoms with Crippen molar-refractivity contribution in [3.8, 4) is 0 Å². The summed E-state index contributed by atoms with van der Waals surface area (Å²) in [6.07, 6.45) is 4.54. The van der Waals surface area contributed by atoms with Crippen LogP contribution in [0.1, 0.15) is 24.3 Å². The standard InChI is InChI=1S/C9H13N3O/c1-7(2)12-6-9(13)8-5-10-3-4-11-8/h3-5,7,12H,6H2,1-2H3. The predicted octanol–water partition coefficient (Wildman–Crippen LogP) is 0.657. The van der Waals surface area contributed by atoms with Crippen LogP contribution in [0.25, 0.3) is 0 Å². The number of ketones is 1. The molecule has 4 nitrogen and oxygen atoms in total. The summed E-state index contributed by atoms with van der Waals surface area (Å²) in [6, 6.07) is 0.306. The van der Waals surface area contributed by atoms with Crippen LogP contribution in [-0.2, 0) is 0 Å². The molecule has 70 valence electrons. The fourth-order valence-electron chi connectivity index (χ4n) is 0.830. The third-order valence-corrected chi connectivity index (χ3v) is 1.52. The zero-order valence-electron chi connectivity index (χ0n) is 7.82. The molecule has 1 N–H and O–H groups in total. The Hall–Kier alpha value is -1.29. The number of carbonyl (C=O) groups is 1. The van der Waals surface area contributed by atoms with Crippen molar-refractivity contribution in [1.82, 2.24) is 15.3 Å². The third kappa shape index (κ3) is 3.29. The van der Waals surface area contributed by atoms with E-state index in [9.17, 15) is 4.79 Å². The van der Waals surface area contributed by atoms with Gasteiger partial charge in [0.25, 0.3) is 0 Å². The number of carbonyl (C=O) groups excluding carboxylic acids is 1. The second-order valence-corrected chi connectivity index (χ2v) is 3.05. The van der Waals surface area contributed by atoms with Crippen LogP contribution in [0, 0.1) is 0 Å². The number of hydrogen-bond acceptors (Lipinski definition) is 4. The zero-order valence-corrected chi connectivity index (χ0v) is 7.82. The van der Waals surface area contributed by atoms with Crippen molar-refractivity contribution < 1.29 is 4.79 Å². The molecule has 1 rings (SSSR count). The van der Waals surface area contributed by atoms with Gasteiger partial charge in [-0.3, -0.25) is 9.78 Å². The lowest BCUT2D eigenvalue weighted by Gasteiger charge is -2.05. The van der Waals surface area contributed by atoms with Gasteiger partial charge in [-0.1, -0.05) is 13.8 Å². The van der Waals surface area contributed by atoms with Crippen LogP contribution in [0.3, 0.4) is 0 Å². The molecule has 0 aliphatic carbocycles. The number of nitrogens with zero attached hydrogens (tertiary/aromatic N) is 2. The van der Waals surface area contributed by atoms with E-state index in [0.29, 0.717) is 18.3 Å². The van der Waals surface area contributed by atoms with Crippen LogP contribution in [0.2, 0.25) is 0 Å². The minimum Gasteiger partial charge on any atom is -0.307 e. The van der Waals surface area contributed by atoms with Gasteiger partial charge in [0.1, 0.15) is 5.69 Å². The maximum absolute atomic E-state index is 11.4. The first kappa shape index (κ1) is 9.80. The van der Waals surface area contributed by atoms with Gasteiger partial charge in [-0.25, -0.2) is 4.98 Å². The maximum Gasteiger partial charge on any atom is 0.196 e. The van der Waals surface area contributed by atoms with Crippen molar-refractivity contribution in [2.45, 2.75) is 19.9 Å². The molecular weight excluding hydrogens is 166 g/mol. The summed E-state index contributed by atoms with van der Waals surface area (Å²) in [5.41, 5.74) is 0.413. The molecule has 4 heteroatoms. The van der Waals surface area contributed by atoms with E-state index in [0.717, 1.165) is 0 Å². The average Bonchev–Trinajstić information content (AvgIpc) is 2.15. The average molecular weight is 179 g/mol. The van der Waals surface area contributed by atoms with Gasteiger partial charge in [-0.2, -0.15) is 0 Å². The summed E-state index contributed by atoms with van der Waals surface area (Å²) < 4.78 is 0. The van der Waals surface area contributed by atoms with Crippen molar-refractivity contribution in [3.63, 3.8) is 0 Å². The van der Waals surface area contributed by atoms with Gasteiger partial charge < -0.3 is 5.32 Å². The fourth-order valence-corrected chi connectivity index (χ4v) is 0.830. The van der Waals surface area contributed by atoms with Gasteiger partial charge >= 0.3 is 0 Å². The molecule has 0 amide bonds. The number of hydrogen-bond donors (Lipinski definition) is 1. The Labute approximate surface area is 77.4 Å². The van der Waals surface area contributed by atoms with Gasteiger partial charge in [-0.05, 0) is 0 Å². The van der Waals surface area contributed by atoms with Gasteiger partial charge in [0.15, 0.2) is 5.78 Å². The molecule has 0 aliphatic rings. The summed E-state index contributed by atoms with van der Waals surface area (Å²) in [5, 5.41) is 3.03. The normalized spacial score (nSPS) is 10.4. The van der Waals surface area contributed by atoms with Crippen LogP contribution in [0.5, 0.6) is 0 Å². The Morgan fingerprint density at radius 2 is 2.31 bits per heavy atom. The van der Waals surface area contributed by atoms with Gasteiger partial charge in [0.2, 0.25) is 0 Å². The number of aromatic nitrogens is 2. The number of nitrogens with one attached hydrogen (secondary N) is 1. The molecule has 1 aromatic rings. The molecule has 0 unspecified atom stereocenters. The molecular formula is C9H13N3O. The molecule has 0 atom stereocenters. The Morgan fingerprint density at radius 1 is 1.54 bits per heavy atom. The molecule has 0 saturated carbocycles. The molecule has 0 aliphatic heterocycles. The Kier molecular flexibility index (Phi) is 3.52. The molecule has 0 radical (unpaired) electrons. The monoisotopic (exact) mass is 179 g/mol. The number of rotatable bonds is 4. The Bertz CT molecular complexity index is 271. The quantitative estimate of drug-likeness (QED) is 0.690. The van der Waals surface area contributed by atoms with Crippen LogP contribution >= 0.6 is 0 Å². The molecule has 1 heterocycles. The van der Waals surface area contributed by atoms with Crippen molar-refractivity contribution in [1.29, 1.82) is 0 Å². The van der Waals surface area contributed by atoms with Crippen LogP contribution in [-0.4, -0.2) is 28.3 Å². The van der Waals surface area contributed by atoms with Gasteiger partial charge in [-0.15, -0.1) is 0 Å². The van der Waals surface area contributed by atoms with E-state index in [2.05, 4.69) is 15.3 Å². The van der Waals surface area contributed by atoms with Gasteiger partial charge in [0, 0.05) is 18.4 Å². The predicted molar refractivity (Wildman–Crippen MR) is 49.5 cm³/mol. The van der Waals surface area contributed by atoms with Crippen molar-refractivity contribution in [2.24, 2.45) is 0 Å². The van der Waals surface area contributed by atoms with Crippen molar-refractivity contribution in [2.75, 3.05) is 6.54 Å². The topological polar surface area (TPSA) is 54.9 Å². The van der Waals surface area contributed by atoms with E-state index in [1.54, 1.807) is 6.20 Å². The zero-order chi connectivity index (χ0) is 9.68. The molecule has 0 spiro atoms. The first-order valence-electron chi connectivity index (χ1n) is 4.22. The highest BCUT2D eigenvalue weighted by atomic mass is 16.1. The van der Waals surface area contributed by atoms with Crippen LogP contribution in [0.15, 0.2) is 18.6 Å². The van der Waals surface area contributed by atoms with Crippen molar-refractivity contribution >= 4 is 5.78 Å². The highest BCUT2D eigenvalue weighted by molar-refractivity contribution is 5.95.